The van der Waals surface area contributed by atoms with Gasteiger partial charge in [0.1, 0.15) is 17.4 Å². The van der Waals surface area contributed by atoms with Crippen LogP contribution in [0.25, 0.3) is 0 Å². The van der Waals surface area contributed by atoms with E-state index in [1.807, 2.05) is 0 Å². The minimum absolute atomic E-state index is 0.222. The van der Waals surface area contributed by atoms with Gasteiger partial charge in [-0.15, -0.1) is 0 Å². The molecule has 8 heteroatoms. The summed E-state index contributed by atoms with van der Waals surface area (Å²) in [4.78, 5) is 35.2. The molecular weight excluding hydrogens is 269 g/mol. The third kappa shape index (κ3) is 2.44. The number of nitro groups is 1. The number of halogens is 1. The number of hydrogen-bond acceptors (Lipinski definition) is 4. The fraction of sp³-hybridized carbons (Fsp3) is 0.333. The molecule has 7 nitrogen and oxygen atoms in total. The summed E-state index contributed by atoms with van der Waals surface area (Å²) in [5.74, 6) is -1.81. The normalized spacial score (nSPS) is 18.6. The fourth-order valence-electron chi connectivity index (χ4n) is 2.05. The van der Waals surface area contributed by atoms with Crippen LogP contribution in [0, 0.1) is 15.9 Å². The van der Waals surface area contributed by atoms with Gasteiger partial charge in [0, 0.05) is 19.2 Å². The van der Waals surface area contributed by atoms with Crippen molar-refractivity contribution in [3.63, 3.8) is 0 Å². The predicted octanol–water partition coefficient (Wildman–Crippen LogP) is 0.694. The summed E-state index contributed by atoms with van der Waals surface area (Å²) >= 11 is 0. The van der Waals surface area contributed by atoms with Gasteiger partial charge in [-0.1, -0.05) is 0 Å². The third-order valence-corrected chi connectivity index (χ3v) is 3.15. The molecule has 1 N–H and O–H groups in total. The number of piperazine rings is 1. The Morgan fingerprint density at radius 1 is 1.55 bits per heavy atom. The van der Waals surface area contributed by atoms with E-state index in [9.17, 15) is 24.1 Å². The second-order valence-electron chi connectivity index (χ2n) is 4.38. The van der Waals surface area contributed by atoms with Gasteiger partial charge in [0.05, 0.1) is 4.92 Å². The lowest BCUT2D eigenvalue weighted by Crippen LogP contribution is -2.55. The molecule has 20 heavy (non-hydrogen) atoms. The molecule has 0 spiro atoms. The van der Waals surface area contributed by atoms with Gasteiger partial charge in [-0.2, -0.15) is 0 Å². The topological polar surface area (TPSA) is 92.6 Å². The van der Waals surface area contributed by atoms with Crippen LogP contribution >= 0.6 is 0 Å². The number of hydrogen-bond donors (Lipinski definition) is 1. The van der Waals surface area contributed by atoms with Crippen molar-refractivity contribution in [2.75, 3.05) is 13.1 Å². The Kier molecular flexibility index (Phi) is 3.64. The number of rotatable bonds is 2. The largest absolute Gasteiger partial charge is 0.353 e. The second kappa shape index (κ2) is 5.24. The van der Waals surface area contributed by atoms with Crippen molar-refractivity contribution < 1.29 is 18.9 Å². The van der Waals surface area contributed by atoms with Crippen LogP contribution in [0.15, 0.2) is 18.2 Å². The number of amides is 2. The van der Waals surface area contributed by atoms with Gasteiger partial charge in [-0.25, -0.2) is 4.39 Å². The maximum atomic E-state index is 13.2. The van der Waals surface area contributed by atoms with Crippen LogP contribution in [0.3, 0.4) is 0 Å². The zero-order valence-corrected chi connectivity index (χ0v) is 10.6. The molecule has 1 atom stereocenters. The molecule has 0 bridgehead atoms. The maximum Gasteiger partial charge on any atom is 0.282 e. The first-order chi connectivity index (χ1) is 9.41. The summed E-state index contributed by atoms with van der Waals surface area (Å²) < 4.78 is 13.2. The summed E-state index contributed by atoms with van der Waals surface area (Å²) in [6, 6.07) is 1.93. The van der Waals surface area contributed by atoms with Crippen LogP contribution in [0.5, 0.6) is 0 Å². The molecule has 1 saturated heterocycles. The zero-order valence-electron chi connectivity index (χ0n) is 10.6. The first-order valence-corrected chi connectivity index (χ1v) is 5.94. The van der Waals surface area contributed by atoms with Gasteiger partial charge in [-0.3, -0.25) is 19.7 Å². The van der Waals surface area contributed by atoms with Crippen LogP contribution in [-0.2, 0) is 4.79 Å². The Morgan fingerprint density at radius 3 is 2.90 bits per heavy atom. The lowest BCUT2D eigenvalue weighted by Gasteiger charge is -2.32. The number of carbonyl (C=O) groups is 2. The molecule has 0 aromatic heterocycles. The Labute approximate surface area is 113 Å². The van der Waals surface area contributed by atoms with Crippen molar-refractivity contribution >= 4 is 17.5 Å². The number of nitro benzene ring substituents is 1. The van der Waals surface area contributed by atoms with Crippen molar-refractivity contribution in [1.29, 1.82) is 0 Å². The summed E-state index contributed by atoms with van der Waals surface area (Å²) in [5.41, 5.74) is -0.828. The highest BCUT2D eigenvalue weighted by molar-refractivity contribution is 6.01. The number of benzene rings is 1. The molecule has 0 radical (unpaired) electrons. The molecule has 1 unspecified atom stereocenters. The second-order valence-corrected chi connectivity index (χ2v) is 4.38. The smallest absolute Gasteiger partial charge is 0.282 e. The van der Waals surface area contributed by atoms with Crippen LogP contribution in [0.1, 0.15) is 17.3 Å². The molecule has 1 aromatic carbocycles. The van der Waals surface area contributed by atoms with Gasteiger partial charge in [0.25, 0.3) is 11.6 Å². The van der Waals surface area contributed by atoms with Crippen molar-refractivity contribution in [2.45, 2.75) is 13.0 Å². The molecule has 2 rings (SSSR count). The molecule has 1 aliphatic rings. The zero-order chi connectivity index (χ0) is 14.9. The molecule has 106 valence electrons. The molecule has 1 aliphatic heterocycles. The Bertz CT molecular complexity index is 590. The van der Waals surface area contributed by atoms with Crippen LogP contribution in [-0.4, -0.2) is 40.8 Å². The minimum atomic E-state index is -0.751. The number of nitrogens with zero attached hydrogens (tertiary/aromatic N) is 2. The van der Waals surface area contributed by atoms with E-state index in [1.165, 1.54) is 11.8 Å². The van der Waals surface area contributed by atoms with Gasteiger partial charge in [0.2, 0.25) is 5.91 Å². The van der Waals surface area contributed by atoms with Gasteiger partial charge < -0.3 is 10.2 Å². The standard InChI is InChI=1S/C12H12FN3O4/c1-7-11(17)14-4-5-15(7)12(18)9-6-8(13)2-3-10(9)16(19)20/h2-3,6-7H,4-5H2,1H3,(H,14,17). The summed E-state index contributed by atoms with van der Waals surface area (Å²) in [7, 11) is 0. The van der Waals surface area contributed by atoms with E-state index in [4.69, 9.17) is 0 Å². The summed E-state index contributed by atoms with van der Waals surface area (Å²) in [6.45, 7) is 1.99. The lowest BCUT2D eigenvalue weighted by molar-refractivity contribution is -0.385. The van der Waals surface area contributed by atoms with Crippen molar-refractivity contribution in [2.24, 2.45) is 0 Å². The van der Waals surface area contributed by atoms with E-state index in [0.29, 0.717) is 0 Å². The predicted molar refractivity (Wildman–Crippen MR) is 66.6 cm³/mol. The summed E-state index contributed by atoms with van der Waals surface area (Å²) in [6.07, 6.45) is 0. The Hall–Kier alpha value is -2.51. The lowest BCUT2D eigenvalue weighted by atomic mass is 10.1. The molecule has 0 aliphatic carbocycles. The third-order valence-electron chi connectivity index (χ3n) is 3.15. The van der Waals surface area contributed by atoms with E-state index in [2.05, 4.69) is 5.32 Å². The highest BCUT2D eigenvalue weighted by Gasteiger charge is 2.33. The van der Waals surface area contributed by atoms with Gasteiger partial charge in [-0.05, 0) is 19.1 Å². The molecule has 2 amide bonds. The van der Waals surface area contributed by atoms with Crippen LogP contribution in [0.4, 0.5) is 10.1 Å². The minimum Gasteiger partial charge on any atom is -0.353 e. The van der Waals surface area contributed by atoms with E-state index in [1.54, 1.807) is 0 Å². The molecular formula is C12H12FN3O4. The number of carbonyl (C=O) groups excluding carboxylic acids is 2. The van der Waals surface area contributed by atoms with E-state index in [0.717, 1.165) is 18.2 Å². The van der Waals surface area contributed by atoms with Crippen LogP contribution in [0.2, 0.25) is 0 Å². The highest BCUT2D eigenvalue weighted by Crippen LogP contribution is 2.22. The van der Waals surface area contributed by atoms with Crippen molar-refractivity contribution in [3.05, 3.63) is 39.7 Å². The Morgan fingerprint density at radius 2 is 2.25 bits per heavy atom. The maximum absolute atomic E-state index is 13.2. The fourth-order valence-corrected chi connectivity index (χ4v) is 2.05. The number of nitrogens with one attached hydrogen (secondary N) is 1. The van der Waals surface area contributed by atoms with Gasteiger partial charge >= 0.3 is 0 Å². The van der Waals surface area contributed by atoms with Crippen LogP contribution < -0.4 is 5.32 Å². The van der Waals surface area contributed by atoms with E-state index >= 15 is 0 Å². The molecule has 1 fully saturated rings. The monoisotopic (exact) mass is 281 g/mol. The molecule has 0 saturated carbocycles. The SMILES string of the molecule is CC1C(=O)NCCN1C(=O)c1cc(F)ccc1[N+](=O)[O-]. The van der Waals surface area contributed by atoms with E-state index < -0.39 is 28.4 Å². The summed E-state index contributed by atoms with van der Waals surface area (Å²) in [5, 5.41) is 13.5. The first-order valence-electron chi connectivity index (χ1n) is 5.94. The quantitative estimate of drug-likeness (QED) is 0.637. The first kappa shape index (κ1) is 13.9. The highest BCUT2D eigenvalue weighted by atomic mass is 19.1. The molecule has 1 heterocycles. The van der Waals surface area contributed by atoms with Gasteiger partial charge in [0.15, 0.2) is 0 Å². The Balaban J connectivity index is 2.40. The average Bonchev–Trinajstić information content (AvgIpc) is 2.40. The van der Waals surface area contributed by atoms with Crippen molar-refractivity contribution in [3.8, 4) is 0 Å². The van der Waals surface area contributed by atoms with E-state index in [-0.39, 0.29) is 24.6 Å². The molecule has 1 aromatic rings. The van der Waals surface area contributed by atoms with Crippen molar-refractivity contribution in [1.82, 2.24) is 10.2 Å². The average molecular weight is 281 g/mol.